The van der Waals surface area contributed by atoms with Crippen molar-refractivity contribution in [2.45, 2.75) is 31.6 Å². The number of rotatable bonds is 2. The van der Waals surface area contributed by atoms with Crippen LogP contribution in [0.2, 0.25) is 0 Å². The topological polar surface area (TPSA) is 49.8 Å². The molecule has 4 heterocycles. The first-order chi connectivity index (χ1) is 9.85. The number of nitrogens with zero attached hydrogens (tertiary/aromatic N) is 3. The van der Waals surface area contributed by atoms with Gasteiger partial charge in [-0.3, -0.25) is 4.99 Å². The Morgan fingerprint density at radius 3 is 2.71 bits per heavy atom. The number of guanidine groups is 1. The molecule has 0 spiro atoms. The lowest BCUT2D eigenvalue weighted by molar-refractivity contribution is 0.0767. The van der Waals surface area contributed by atoms with E-state index in [1.54, 1.807) is 11.3 Å². The van der Waals surface area contributed by atoms with Gasteiger partial charge in [0.25, 0.3) is 0 Å². The second kappa shape index (κ2) is 6.37. The fourth-order valence-electron chi connectivity index (χ4n) is 3.96. The molecule has 2 bridgehead atoms. The van der Waals surface area contributed by atoms with Gasteiger partial charge in [0.05, 0.1) is 18.8 Å². The molecule has 3 fully saturated rings. The molecule has 0 saturated carbocycles. The van der Waals surface area contributed by atoms with Crippen LogP contribution in [-0.2, 0) is 11.3 Å². The molecule has 3 aliphatic heterocycles. The van der Waals surface area contributed by atoms with Crippen LogP contribution in [0.25, 0.3) is 0 Å². The second-order valence-electron chi connectivity index (χ2n) is 5.85. The van der Waals surface area contributed by atoms with Gasteiger partial charge < -0.3 is 15.0 Å². The highest BCUT2D eigenvalue weighted by atomic mass is 127. The van der Waals surface area contributed by atoms with Gasteiger partial charge in [0.1, 0.15) is 5.01 Å². The molecule has 1 aromatic heterocycles. The molecule has 3 aliphatic rings. The number of aromatic nitrogens is 1. The van der Waals surface area contributed by atoms with Crippen molar-refractivity contribution >= 4 is 41.3 Å². The molecule has 0 radical (unpaired) electrons. The molecule has 5 nitrogen and oxygen atoms in total. The van der Waals surface area contributed by atoms with Crippen molar-refractivity contribution in [3.05, 3.63) is 16.6 Å². The first-order valence-corrected chi connectivity index (χ1v) is 8.22. The van der Waals surface area contributed by atoms with E-state index in [1.807, 2.05) is 18.6 Å². The summed E-state index contributed by atoms with van der Waals surface area (Å²) in [5.41, 5.74) is 0. The summed E-state index contributed by atoms with van der Waals surface area (Å²) in [5, 5.41) is 6.55. The average Bonchev–Trinajstić information content (AvgIpc) is 3.22. The Hall–Kier alpha value is -0.410. The molecule has 116 valence electrons. The number of ether oxygens (including phenoxy) is 1. The summed E-state index contributed by atoms with van der Waals surface area (Å²) in [5.74, 6) is 2.44. The Kier molecular flexibility index (Phi) is 4.70. The third-order valence-corrected chi connectivity index (χ3v) is 5.62. The zero-order valence-electron chi connectivity index (χ0n) is 12.1. The number of thiazole rings is 1. The van der Waals surface area contributed by atoms with E-state index in [9.17, 15) is 0 Å². The van der Waals surface area contributed by atoms with Gasteiger partial charge in [0.2, 0.25) is 0 Å². The highest BCUT2D eigenvalue weighted by molar-refractivity contribution is 14.0. The minimum atomic E-state index is 0. The normalized spacial score (nSPS) is 34.0. The first kappa shape index (κ1) is 15.5. The Morgan fingerprint density at radius 1 is 1.43 bits per heavy atom. The summed E-state index contributed by atoms with van der Waals surface area (Å²) in [6.45, 7) is 2.94. The van der Waals surface area contributed by atoms with Crippen LogP contribution in [0.4, 0.5) is 0 Å². The van der Waals surface area contributed by atoms with Gasteiger partial charge in [-0.25, -0.2) is 4.98 Å². The number of aliphatic imine (C=N–C) groups is 1. The van der Waals surface area contributed by atoms with E-state index in [0.717, 1.165) is 30.6 Å². The molecule has 1 N–H and O–H groups in total. The highest BCUT2D eigenvalue weighted by Crippen LogP contribution is 2.47. The van der Waals surface area contributed by atoms with E-state index in [4.69, 9.17) is 4.74 Å². The van der Waals surface area contributed by atoms with Crippen molar-refractivity contribution in [3.63, 3.8) is 0 Å². The van der Waals surface area contributed by atoms with Gasteiger partial charge in [-0.05, 0) is 12.8 Å². The summed E-state index contributed by atoms with van der Waals surface area (Å²) in [7, 11) is 1.86. The predicted octanol–water partition coefficient (Wildman–Crippen LogP) is 1.95. The number of halogens is 1. The maximum absolute atomic E-state index is 6.02. The fourth-order valence-corrected chi connectivity index (χ4v) is 4.52. The van der Waals surface area contributed by atoms with Crippen LogP contribution in [-0.4, -0.2) is 48.2 Å². The molecule has 0 amide bonds. The van der Waals surface area contributed by atoms with Crippen LogP contribution in [0, 0.1) is 11.8 Å². The van der Waals surface area contributed by atoms with Crippen molar-refractivity contribution in [1.29, 1.82) is 0 Å². The smallest absolute Gasteiger partial charge is 0.194 e. The van der Waals surface area contributed by atoms with Gasteiger partial charge in [0, 0.05) is 43.5 Å². The van der Waals surface area contributed by atoms with E-state index < -0.39 is 0 Å². The highest BCUT2D eigenvalue weighted by Gasteiger charge is 2.53. The van der Waals surface area contributed by atoms with E-state index in [1.165, 1.54) is 12.8 Å². The zero-order valence-corrected chi connectivity index (χ0v) is 15.2. The third-order valence-electron chi connectivity index (χ3n) is 4.85. The maximum Gasteiger partial charge on any atom is 0.194 e. The molecule has 1 aromatic rings. The SMILES string of the molecule is CN=C(NCc1nccs1)N1CC2C3CCC(O3)C2C1.I. The quantitative estimate of drug-likeness (QED) is 0.452. The van der Waals surface area contributed by atoms with Gasteiger partial charge in [-0.1, -0.05) is 0 Å². The molecule has 0 aromatic carbocycles. The standard InChI is InChI=1S/C14H20N4OS.HI/c1-15-14(17-6-13-16-4-5-20-13)18-7-9-10(8-18)12-3-2-11(9)19-12;/h4-5,9-12H,2-3,6-8H2,1H3,(H,15,17);1H. The number of likely N-dealkylation sites (tertiary alicyclic amines) is 1. The lowest BCUT2D eigenvalue weighted by Gasteiger charge is -2.23. The zero-order chi connectivity index (χ0) is 13.5. The molecular weight excluding hydrogens is 399 g/mol. The molecule has 4 unspecified atom stereocenters. The summed E-state index contributed by atoms with van der Waals surface area (Å²) < 4.78 is 6.02. The Balaban J connectivity index is 0.00000132. The van der Waals surface area contributed by atoms with Crippen LogP contribution < -0.4 is 5.32 Å². The predicted molar refractivity (Wildman–Crippen MR) is 94.2 cm³/mol. The van der Waals surface area contributed by atoms with Gasteiger partial charge in [-0.15, -0.1) is 35.3 Å². The minimum absolute atomic E-state index is 0. The van der Waals surface area contributed by atoms with Crippen molar-refractivity contribution in [3.8, 4) is 0 Å². The summed E-state index contributed by atoms with van der Waals surface area (Å²) in [4.78, 5) is 11.1. The lowest BCUT2D eigenvalue weighted by Crippen LogP contribution is -2.40. The van der Waals surface area contributed by atoms with Crippen molar-refractivity contribution < 1.29 is 4.74 Å². The lowest BCUT2D eigenvalue weighted by atomic mass is 9.82. The molecule has 0 aliphatic carbocycles. The van der Waals surface area contributed by atoms with E-state index in [2.05, 4.69) is 20.2 Å². The van der Waals surface area contributed by atoms with Crippen LogP contribution in [0.15, 0.2) is 16.6 Å². The van der Waals surface area contributed by atoms with E-state index in [0.29, 0.717) is 24.0 Å². The van der Waals surface area contributed by atoms with Crippen LogP contribution in [0.3, 0.4) is 0 Å². The largest absolute Gasteiger partial charge is 0.374 e. The molecule has 4 rings (SSSR count). The van der Waals surface area contributed by atoms with Crippen molar-refractivity contribution in [1.82, 2.24) is 15.2 Å². The summed E-state index contributed by atoms with van der Waals surface area (Å²) >= 11 is 1.68. The monoisotopic (exact) mass is 420 g/mol. The maximum atomic E-state index is 6.02. The van der Waals surface area contributed by atoms with Crippen LogP contribution >= 0.6 is 35.3 Å². The third kappa shape index (κ3) is 2.79. The fraction of sp³-hybridized carbons (Fsp3) is 0.714. The molecule has 7 heteroatoms. The molecule has 4 atom stereocenters. The van der Waals surface area contributed by atoms with Crippen LogP contribution in [0.1, 0.15) is 17.8 Å². The summed E-state index contributed by atoms with van der Waals surface area (Å²) in [6.07, 6.45) is 5.37. The van der Waals surface area contributed by atoms with Crippen LogP contribution in [0.5, 0.6) is 0 Å². The van der Waals surface area contributed by atoms with Gasteiger partial charge in [-0.2, -0.15) is 0 Å². The Morgan fingerprint density at radius 2 is 2.14 bits per heavy atom. The van der Waals surface area contributed by atoms with E-state index >= 15 is 0 Å². The summed E-state index contributed by atoms with van der Waals surface area (Å²) in [6, 6.07) is 0. The van der Waals surface area contributed by atoms with Crippen molar-refractivity contribution in [2.75, 3.05) is 20.1 Å². The Bertz CT molecular complexity index is 491. The average molecular weight is 420 g/mol. The number of fused-ring (bicyclic) bond motifs is 5. The van der Waals surface area contributed by atoms with Gasteiger partial charge in [0.15, 0.2) is 5.96 Å². The van der Waals surface area contributed by atoms with E-state index in [-0.39, 0.29) is 24.0 Å². The number of nitrogens with one attached hydrogen (secondary N) is 1. The number of hydrogen-bond donors (Lipinski definition) is 1. The molecule has 3 saturated heterocycles. The second-order valence-corrected chi connectivity index (χ2v) is 6.83. The van der Waals surface area contributed by atoms with Crippen molar-refractivity contribution in [2.24, 2.45) is 16.8 Å². The molecular formula is C14H21IN4OS. The van der Waals surface area contributed by atoms with Gasteiger partial charge >= 0.3 is 0 Å². The Labute approximate surface area is 146 Å². The minimum Gasteiger partial charge on any atom is -0.374 e. The first-order valence-electron chi connectivity index (χ1n) is 7.34. The number of hydrogen-bond acceptors (Lipinski definition) is 4. The molecule has 21 heavy (non-hydrogen) atoms.